The van der Waals surface area contributed by atoms with Gasteiger partial charge in [0.1, 0.15) is 85.1 Å². The van der Waals surface area contributed by atoms with Crippen molar-refractivity contribution in [3.05, 3.63) is 0 Å². The number of ether oxygens (including phenoxy) is 8. The van der Waals surface area contributed by atoms with Gasteiger partial charge in [-0.3, -0.25) is 43.2 Å². The fourth-order valence-corrected chi connectivity index (χ4v) is 12.9. The van der Waals surface area contributed by atoms with Gasteiger partial charge < -0.3 is 137 Å². The van der Waals surface area contributed by atoms with Crippen molar-refractivity contribution in [1.29, 1.82) is 0 Å². The molecule has 0 radical (unpaired) electrons. The second-order valence-electron chi connectivity index (χ2n) is 27.7. The minimum absolute atomic E-state index is 0.101. The minimum Gasteiger partial charge on any atom is -0.396 e. The third-order valence-electron chi connectivity index (χ3n) is 19.0. The Hall–Kier alpha value is -5.49. The predicted octanol–water partition coefficient (Wildman–Crippen LogP) is -3.92. The molecule has 0 aromatic rings. The first-order chi connectivity index (χ1) is 50.9. The highest BCUT2D eigenvalue weighted by Gasteiger charge is 2.48. The van der Waals surface area contributed by atoms with Gasteiger partial charge in [-0.25, -0.2) is 0 Å². The third-order valence-corrected chi connectivity index (χ3v) is 19.0. The molecule has 0 aromatic carbocycles. The lowest BCUT2D eigenvalue weighted by molar-refractivity contribution is -0.270. The zero-order valence-electron chi connectivity index (χ0n) is 62.1. The number of nitrogens with one attached hydrogen (secondary N) is 9. The Morgan fingerprint density at radius 2 is 0.783 bits per heavy atom. The zero-order valence-corrected chi connectivity index (χ0v) is 62.1. The van der Waals surface area contributed by atoms with Crippen molar-refractivity contribution in [3.63, 3.8) is 0 Å². The van der Waals surface area contributed by atoms with E-state index >= 15 is 0 Å². The molecule has 0 spiro atoms. The highest BCUT2D eigenvalue weighted by Crippen LogP contribution is 2.27. The topological polar surface area (TPSA) is 538 Å². The van der Waals surface area contributed by atoms with Crippen LogP contribution in [0.4, 0.5) is 0 Å². The van der Waals surface area contributed by atoms with E-state index in [0.29, 0.717) is 96.4 Å². The van der Waals surface area contributed by atoms with Crippen LogP contribution in [0.5, 0.6) is 0 Å². The fraction of sp³-hybridized carbons (Fsp3) is 0.871. The Kier molecular flexibility index (Phi) is 46.1. The number of hydrogen-bond acceptors (Lipinski definition) is 27. The second-order valence-corrected chi connectivity index (χ2v) is 27.7. The van der Waals surface area contributed by atoms with E-state index in [9.17, 15) is 94.2 Å². The number of aliphatic hydroxyl groups excluding tert-OH is 10. The van der Waals surface area contributed by atoms with Crippen LogP contribution in [-0.4, -0.2) is 307 Å². The lowest BCUT2D eigenvalue weighted by atomic mass is 9.96. The average Bonchev–Trinajstić information content (AvgIpc) is 1.19. The van der Waals surface area contributed by atoms with Crippen LogP contribution in [-0.2, 0) is 81.0 Å². The van der Waals surface area contributed by atoms with Crippen molar-refractivity contribution in [2.45, 2.75) is 298 Å². The van der Waals surface area contributed by atoms with E-state index in [1.54, 1.807) is 0 Å². The molecule has 0 aliphatic carbocycles. The van der Waals surface area contributed by atoms with Crippen molar-refractivity contribution in [2.24, 2.45) is 5.92 Å². The Labute approximate surface area is 620 Å². The van der Waals surface area contributed by atoms with E-state index in [-0.39, 0.29) is 96.8 Å². The summed E-state index contributed by atoms with van der Waals surface area (Å²) in [6, 6.07) is -5.62. The molecule has 612 valence electrons. The largest absolute Gasteiger partial charge is 0.396 e. The second kappa shape index (κ2) is 52.6. The van der Waals surface area contributed by atoms with Crippen molar-refractivity contribution in [1.82, 2.24) is 47.9 Å². The van der Waals surface area contributed by atoms with E-state index in [0.717, 1.165) is 38.5 Å². The Morgan fingerprint density at radius 1 is 0.406 bits per heavy atom. The van der Waals surface area contributed by atoms with E-state index < -0.39 is 183 Å². The van der Waals surface area contributed by atoms with Crippen LogP contribution < -0.4 is 47.9 Å². The van der Waals surface area contributed by atoms with Gasteiger partial charge in [-0.05, 0) is 64.2 Å². The molecule has 19 N–H and O–H groups in total. The molecule has 20 unspecified atom stereocenters. The molecule has 4 aliphatic heterocycles. The van der Waals surface area contributed by atoms with E-state index in [1.165, 1.54) is 27.9 Å². The first kappa shape index (κ1) is 92.9. The van der Waals surface area contributed by atoms with Crippen molar-refractivity contribution in [2.75, 3.05) is 86.1 Å². The number of aliphatic hydroxyl groups is 10. The van der Waals surface area contributed by atoms with Crippen LogP contribution in [0.3, 0.4) is 0 Å². The standard InChI is InChI=1S/C70H125N9O27/c1-42(84)75-56-62(93)59(90)45(37-80)41-103-68(56)100-33-21-14-11-19-31-73-66(97)47(78-54(88)24-16-8-6-5-7-9-18-32-74-67(98)49-36-48(99-4)50(38-81)104-49)26-28-55(89)79-46(65(96)72-30-20-12-15-23-35-102-70-58(77-44(3)86)64(95)61(92)52(40-83)106-70)25-27-53(87)71-29-17-10-13-22-34-101-69-57(76-43(2)85)63(94)60(91)51(39-82)105-69/h45-52,56-64,68-70,80-83,90-95H,5-41H2,1-4H3,(H,71,87)(H,72,96)(H,73,97)(H,74,98)(H,75,84)(H,76,85)(H,77,86)(H,78,88)(H,79,89). The molecular formula is C70H125N9O27. The fourth-order valence-electron chi connectivity index (χ4n) is 12.9. The van der Waals surface area contributed by atoms with Gasteiger partial charge >= 0.3 is 0 Å². The van der Waals surface area contributed by atoms with Gasteiger partial charge in [0.15, 0.2) is 18.9 Å². The molecular weight excluding hydrogens is 1400 g/mol. The summed E-state index contributed by atoms with van der Waals surface area (Å²) in [6.07, 6.45) is -3.76. The molecule has 9 amide bonds. The summed E-state index contributed by atoms with van der Waals surface area (Å²) in [7, 11) is 1.51. The van der Waals surface area contributed by atoms with Gasteiger partial charge in [0.25, 0.3) is 0 Å². The van der Waals surface area contributed by atoms with Crippen molar-refractivity contribution >= 4 is 53.2 Å². The number of methoxy groups -OCH3 is 1. The first-order valence-corrected chi connectivity index (χ1v) is 37.8. The molecule has 106 heavy (non-hydrogen) atoms. The smallest absolute Gasteiger partial charge is 0.249 e. The zero-order chi connectivity index (χ0) is 77.9. The highest BCUT2D eigenvalue weighted by molar-refractivity contribution is 5.90. The summed E-state index contributed by atoms with van der Waals surface area (Å²) in [5.41, 5.74) is 0. The summed E-state index contributed by atoms with van der Waals surface area (Å²) in [5, 5.41) is 126. The molecule has 4 rings (SSSR count). The molecule has 0 aromatic heterocycles. The number of hydrogen-bond donors (Lipinski definition) is 19. The molecule has 4 saturated heterocycles. The number of carbonyl (C=O) groups is 9. The van der Waals surface area contributed by atoms with Crippen LogP contribution >= 0.6 is 0 Å². The van der Waals surface area contributed by atoms with E-state index in [2.05, 4.69) is 47.9 Å². The number of carbonyl (C=O) groups excluding carboxylic acids is 9. The summed E-state index contributed by atoms with van der Waals surface area (Å²) < 4.78 is 45.4. The normalized spacial score (nSPS) is 27.9. The third kappa shape index (κ3) is 34.2. The molecule has 36 nitrogen and oxygen atoms in total. The number of amides is 9. The Balaban J connectivity index is 1.32. The van der Waals surface area contributed by atoms with Gasteiger partial charge in [-0.15, -0.1) is 0 Å². The molecule has 0 saturated carbocycles. The Morgan fingerprint density at radius 3 is 1.21 bits per heavy atom. The van der Waals surface area contributed by atoms with E-state index in [1.807, 2.05) is 0 Å². The molecule has 4 fully saturated rings. The molecule has 0 bridgehead atoms. The summed E-state index contributed by atoms with van der Waals surface area (Å²) >= 11 is 0. The predicted molar refractivity (Wildman–Crippen MR) is 376 cm³/mol. The highest BCUT2D eigenvalue weighted by atomic mass is 16.7. The molecule has 4 aliphatic rings. The van der Waals surface area contributed by atoms with Crippen LogP contribution in [0.25, 0.3) is 0 Å². The van der Waals surface area contributed by atoms with Gasteiger partial charge in [0.05, 0.1) is 45.2 Å². The summed E-state index contributed by atoms with van der Waals surface area (Å²) in [5.74, 6) is -5.04. The van der Waals surface area contributed by atoms with Gasteiger partial charge in [0.2, 0.25) is 53.2 Å². The molecule has 20 atom stereocenters. The van der Waals surface area contributed by atoms with Crippen molar-refractivity contribution in [3.8, 4) is 0 Å². The van der Waals surface area contributed by atoms with Crippen molar-refractivity contribution < 1.29 is 132 Å². The van der Waals surface area contributed by atoms with Gasteiger partial charge in [-0.1, -0.05) is 70.6 Å². The van der Waals surface area contributed by atoms with Gasteiger partial charge in [0, 0.05) is 105 Å². The SMILES string of the molecule is COC1CC(C(=O)NCCCCCCCCCC(=O)NC(CCC(=O)NC(CCC(=O)NCCCCCCOC2OC(CO)C(O)C(O)C2NC(C)=O)C(=O)NCCCCCCOC2OC(CO)C(O)C(O)C2NC(C)=O)C(=O)NCCCCCCOC2OCC(CO)C(O)C(O)C2NC(C)=O)OC1CO. The maximum absolute atomic E-state index is 13.9. The number of rotatable bonds is 53. The Bertz CT molecular complexity index is 2560. The quantitative estimate of drug-likeness (QED) is 0.0259. The average molecular weight is 1520 g/mol. The molecule has 4 heterocycles. The van der Waals surface area contributed by atoms with Crippen LogP contribution in [0.2, 0.25) is 0 Å². The van der Waals surface area contributed by atoms with Gasteiger partial charge in [-0.2, -0.15) is 0 Å². The van der Waals surface area contributed by atoms with Crippen LogP contribution in [0, 0.1) is 5.92 Å². The van der Waals surface area contributed by atoms with Crippen LogP contribution in [0.15, 0.2) is 0 Å². The first-order valence-electron chi connectivity index (χ1n) is 37.8. The maximum Gasteiger partial charge on any atom is 0.249 e. The van der Waals surface area contributed by atoms with Crippen LogP contribution in [0.1, 0.15) is 181 Å². The number of unbranched alkanes of at least 4 members (excludes halogenated alkanes) is 15. The van der Waals surface area contributed by atoms with E-state index in [4.69, 9.17) is 37.9 Å². The summed E-state index contributed by atoms with van der Waals surface area (Å²) in [6.45, 7) is 3.30. The summed E-state index contributed by atoms with van der Waals surface area (Å²) in [4.78, 5) is 117. The minimum atomic E-state index is -1.47. The monoisotopic (exact) mass is 1520 g/mol. The lowest BCUT2D eigenvalue weighted by Gasteiger charge is -2.42. The molecule has 36 heteroatoms. The maximum atomic E-state index is 13.9. The lowest BCUT2D eigenvalue weighted by Crippen LogP contribution is -2.64.